The molecule has 0 amide bonds. The van der Waals surface area contributed by atoms with E-state index in [0.717, 1.165) is 16.9 Å². The number of methoxy groups -OCH3 is 2. The Morgan fingerprint density at radius 1 is 1.05 bits per heavy atom. The van der Waals surface area contributed by atoms with Gasteiger partial charge in [0.25, 0.3) is 0 Å². The topological polar surface area (TPSA) is 38.7 Å². The summed E-state index contributed by atoms with van der Waals surface area (Å²) in [7, 11) is 2.99. The van der Waals surface area contributed by atoms with Crippen LogP contribution >= 0.6 is 0 Å². The molecule has 0 spiro atoms. The Hall–Kier alpha value is -2.07. The van der Waals surface area contributed by atoms with Crippen molar-refractivity contribution in [1.29, 1.82) is 0 Å². The number of aliphatic hydroxyl groups excluding tert-OH is 1. The molecule has 0 radical (unpaired) electrons. The molecule has 0 fully saturated rings. The molecule has 0 aromatic heterocycles. The second-order valence-corrected chi connectivity index (χ2v) is 4.52. The summed E-state index contributed by atoms with van der Waals surface area (Å²) in [6.45, 7) is 1.88. The Bertz CT molecular complexity index is 611. The number of aryl methyl sites for hydroxylation is 1. The van der Waals surface area contributed by atoms with Crippen LogP contribution in [0.1, 0.15) is 22.8 Å². The van der Waals surface area contributed by atoms with Crippen LogP contribution in [0.3, 0.4) is 0 Å². The summed E-state index contributed by atoms with van der Waals surface area (Å²) in [5, 5.41) is 10.4. The monoisotopic (exact) mass is 276 g/mol. The molecule has 0 saturated carbocycles. The molecule has 0 aliphatic heterocycles. The summed E-state index contributed by atoms with van der Waals surface area (Å²) < 4.78 is 23.7. The largest absolute Gasteiger partial charge is 0.497 e. The fourth-order valence-corrected chi connectivity index (χ4v) is 2.11. The number of aliphatic hydroxyl groups is 1. The highest BCUT2D eigenvalue weighted by molar-refractivity contribution is 5.41. The Morgan fingerprint density at radius 3 is 2.35 bits per heavy atom. The van der Waals surface area contributed by atoms with Gasteiger partial charge in [0.05, 0.1) is 14.2 Å². The van der Waals surface area contributed by atoms with Gasteiger partial charge < -0.3 is 14.6 Å². The summed E-state index contributed by atoms with van der Waals surface area (Å²) >= 11 is 0. The van der Waals surface area contributed by atoms with Gasteiger partial charge in [-0.05, 0) is 47.9 Å². The quantitative estimate of drug-likeness (QED) is 0.931. The second-order valence-electron chi connectivity index (χ2n) is 4.52. The first kappa shape index (κ1) is 14.3. The van der Waals surface area contributed by atoms with Gasteiger partial charge in [-0.1, -0.05) is 12.1 Å². The molecule has 4 heteroatoms. The van der Waals surface area contributed by atoms with E-state index < -0.39 is 11.9 Å². The van der Waals surface area contributed by atoms with Crippen LogP contribution in [0, 0.1) is 12.7 Å². The van der Waals surface area contributed by atoms with Crippen molar-refractivity contribution in [1.82, 2.24) is 0 Å². The molecule has 2 aromatic rings. The molecule has 1 atom stereocenters. The van der Waals surface area contributed by atoms with Crippen molar-refractivity contribution >= 4 is 0 Å². The third-order valence-corrected chi connectivity index (χ3v) is 3.26. The van der Waals surface area contributed by atoms with Crippen molar-refractivity contribution in [2.75, 3.05) is 14.2 Å². The van der Waals surface area contributed by atoms with E-state index in [1.807, 2.05) is 13.0 Å². The van der Waals surface area contributed by atoms with Crippen LogP contribution in [0.2, 0.25) is 0 Å². The van der Waals surface area contributed by atoms with E-state index in [1.165, 1.54) is 19.2 Å². The second kappa shape index (κ2) is 5.92. The molecule has 0 saturated heterocycles. The van der Waals surface area contributed by atoms with Crippen LogP contribution in [0.15, 0.2) is 36.4 Å². The van der Waals surface area contributed by atoms with Crippen molar-refractivity contribution in [3.8, 4) is 11.5 Å². The first-order valence-corrected chi connectivity index (χ1v) is 6.23. The van der Waals surface area contributed by atoms with E-state index in [-0.39, 0.29) is 5.75 Å². The zero-order valence-corrected chi connectivity index (χ0v) is 11.7. The average molecular weight is 276 g/mol. The number of rotatable bonds is 4. The van der Waals surface area contributed by atoms with Crippen LogP contribution in [-0.2, 0) is 0 Å². The Morgan fingerprint density at radius 2 is 1.80 bits per heavy atom. The molecule has 3 nitrogen and oxygen atoms in total. The fourth-order valence-electron chi connectivity index (χ4n) is 2.11. The lowest BCUT2D eigenvalue weighted by atomic mass is 9.97. The first-order chi connectivity index (χ1) is 9.56. The molecule has 0 aliphatic carbocycles. The Labute approximate surface area is 117 Å². The number of benzene rings is 2. The summed E-state index contributed by atoms with van der Waals surface area (Å²) in [5.41, 5.74) is 2.08. The minimum atomic E-state index is -0.888. The highest BCUT2D eigenvalue weighted by atomic mass is 19.1. The highest BCUT2D eigenvalue weighted by Gasteiger charge is 2.15. The molecule has 106 valence electrons. The average Bonchev–Trinajstić information content (AvgIpc) is 2.46. The van der Waals surface area contributed by atoms with E-state index in [4.69, 9.17) is 9.47 Å². The smallest absolute Gasteiger partial charge is 0.165 e. The van der Waals surface area contributed by atoms with E-state index >= 15 is 0 Å². The van der Waals surface area contributed by atoms with Crippen LogP contribution < -0.4 is 9.47 Å². The summed E-state index contributed by atoms with van der Waals surface area (Å²) in [6.07, 6.45) is -0.888. The standard InChI is InChI=1S/C16H17FO3/c1-10-8-12(19-2)5-6-13(10)16(18)11-4-7-15(20-3)14(17)9-11/h4-9,16,18H,1-3H3. The van der Waals surface area contributed by atoms with Crippen molar-refractivity contribution in [3.63, 3.8) is 0 Å². The molecule has 0 heterocycles. The van der Waals surface area contributed by atoms with Crippen molar-refractivity contribution < 1.29 is 19.0 Å². The zero-order valence-electron chi connectivity index (χ0n) is 11.7. The molecule has 20 heavy (non-hydrogen) atoms. The summed E-state index contributed by atoms with van der Waals surface area (Å²) in [5.74, 6) is 0.391. The molecule has 2 rings (SSSR count). The van der Waals surface area contributed by atoms with E-state index in [9.17, 15) is 9.50 Å². The predicted molar refractivity (Wildman–Crippen MR) is 74.7 cm³/mol. The minimum Gasteiger partial charge on any atom is -0.497 e. The Kier molecular flexibility index (Phi) is 4.25. The lowest BCUT2D eigenvalue weighted by Gasteiger charge is -2.16. The summed E-state index contributed by atoms with van der Waals surface area (Å²) in [6, 6.07) is 9.82. The van der Waals surface area contributed by atoms with Gasteiger partial charge in [-0.2, -0.15) is 0 Å². The Balaban J connectivity index is 2.35. The maximum absolute atomic E-state index is 13.7. The van der Waals surface area contributed by atoms with E-state index in [2.05, 4.69) is 0 Å². The van der Waals surface area contributed by atoms with Crippen LogP contribution in [0.4, 0.5) is 4.39 Å². The maximum atomic E-state index is 13.7. The van der Waals surface area contributed by atoms with Crippen molar-refractivity contribution in [3.05, 3.63) is 58.9 Å². The lowest BCUT2D eigenvalue weighted by Crippen LogP contribution is -2.03. The first-order valence-electron chi connectivity index (χ1n) is 6.23. The molecule has 1 N–H and O–H groups in total. The maximum Gasteiger partial charge on any atom is 0.165 e. The SMILES string of the molecule is COc1ccc(C(O)c2ccc(OC)c(F)c2)c(C)c1. The van der Waals surface area contributed by atoms with E-state index in [1.54, 1.807) is 25.3 Å². The minimum absolute atomic E-state index is 0.160. The number of hydrogen-bond acceptors (Lipinski definition) is 3. The summed E-state index contributed by atoms with van der Waals surface area (Å²) in [4.78, 5) is 0. The third-order valence-electron chi connectivity index (χ3n) is 3.26. The molecular weight excluding hydrogens is 259 g/mol. The van der Waals surface area contributed by atoms with Gasteiger partial charge in [0.1, 0.15) is 11.9 Å². The van der Waals surface area contributed by atoms with Gasteiger partial charge in [0.2, 0.25) is 0 Å². The van der Waals surface area contributed by atoms with Gasteiger partial charge in [-0.25, -0.2) is 4.39 Å². The zero-order chi connectivity index (χ0) is 14.7. The predicted octanol–water partition coefficient (Wildman–Crippen LogP) is 3.23. The number of halogens is 1. The molecular formula is C16H17FO3. The van der Waals surface area contributed by atoms with Gasteiger partial charge in [-0.15, -0.1) is 0 Å². The van der Waals surface area contributed by atoms with Crippen LogP contribution in [0.5, 0.6) is 11.5 Å². The van der Waals surface area contributed by atoms with Gasteiger partial charge >= 0.3 is 0 Å². The molecule has 0 aliphatic rings. The molecule has 1 unspecified atom stereocenters. The fraction of sp³-hybridized carbons (Fsp3) is 0.250. The van der Waals surface area contributed by atoms with Crippen LogP contribution in [0.25, 0.3) is 0 Å². The van der Waals surface area contributed by atoms with Crippen LogP contribution in [-0.4, -0.2) is 19.3 Å². The van der Waals surface area contributed by atoms with Gasteiger partial charge in [-0.3, -0.25) is 0 Å². The van der Waals surface area contributed by atoms with Crippen molar-refractivity contribution in [2.24, 2.45) is 0 Å². The molecule has 2 aromatic carbocycles. The highest BCUT2D eigenvalue weighted by Crippen LogP contribution is 2.29. The third kappa shape index (κ3) is 2.75. The van der Waals surface area contributed by atoms with Gasteiger partial charge in [0, 0.05) is 0 Å². The normalized spacial score (nSPS) is 12.1. The number of ether oxygens (including phenoxy) is 2. The van der Waals surface area contributed by atoms with Crippen molar-refractivity contribution in [2.45, 2.75) is 13.0 Å². The van der Waals surface area contributed by atoms with E-state index in [0.29, 0.717) is 5.56 Å². The lowest BCUT2D eigenvalue weighted by molar-refractivity contribution is 0.218. The number of hydrogen-bond donors (Lipinski definition) is 1. The molecule has 0 bridgehead atoms. The van der Waals surface area contributed by atoms with Gasteiger partial charge in [0.15, 0.2) is 11.6 Å².